The van der Waals surface area contributed by atoms with Crippen LogP contribution in [0.5, 0.6) is 5.75 Å². The van der Waals surface area contributed by atoms with Crippen molar-refractivity contribution in [1.29, 1.82) is 0 Å². The Morgan fingerprint density at radius 3 is 2.42 bits per heavy atom. The van der Waals surface area contributed by atoms with Crippen molar-refractivity contribution in [2.75, 3.05) is 5.32 Å². The van der Waals surface area contributed by atoms with Crippen LogP contribution in [0.3, 0.4) is 0 Å². The van der Waals surface area contributed by atoms with Crippen molar-refractivity contribution >= 4 is 11.7 Å². The summed E-state index contributed by atoms with van der Waals surface area (Å²) in [6, 6.07) is 20.6. The fraction of sp³-hybridized carbons (Fsp3) is 0.105. The summed E-state index contributed by atoms with van der Waals surface area (Å²) in [5.41, 5.74) is 2.02. The molecule has 0 saturated carbocycles. The van der Waals surface area contributed by atoms with E-state index in [4.69, 9.17) is 14.3 Å². The van der Waals surface area contributed by atoms with Gasteiger partial charge in [-0.15, -0.1) is 0 Å². The predicted molar refractivity (Wildman–Crippen MR) is 90.2 cm³/mol. The molecule has 24 heavy (non-hydrogen) atoms. The highest BCUT2D eigenvalue weighted by Gasteiger charge is 2.08. The van der Waals surface area contributed by atoms with Crippen molar-refractivity contribution in [3.63, 3.8) is 0 Å². The number of carboxylic acid groups (broad SMARTS) is 1. The Morgan fingerprint density at radius 2 is 1.75 bits per heavy atom. The molecular weight excluding hydrogens is 306 g/mol. The first-order valence-electron chi connectivity index (χ1n) is 7.53. The van der Waals surface area contributed by atoms with Crippen LogP contribution in [0.15, 0.2) is 71.1 Å². The van der Waals surface area contributed by atoms with E-state index in [2.05, 4.69) is 5.32 Å². The van der Waals surface area contributed by atoms with E-state index in [-0.39, 0.29) is 5.76 Å². The number of nitrogens with one attached hydrogen (secondary N) is 1. The first kappa shape index (κ1) is 15.7. The van der Waals surface area contributed by atoms with Gasteiger partial charge in [0, 0.05) is 5.69 Å². The van der Waals surface area contributed by atoms with Crippen LogP contribution >= 0.6 is 0 Å². The Hall–Kier alpha value is -3.21. The van der Waals surface area contributed by atoms with Crippen LogP contribution in [0.1, 0.15) is 21.9 Å². The van der Waals surface area contributed by atoms with Crippen LogP contribution in [0.4, 0.5) is 5.69 Å². The van der Waals surface area contributed by atoms with Gasteiger partial charge in [0.15, 0.2) is 0 Å². The molecule has 0 atom stereocenters. The van der Waals surface area contributed by atoms with E-state index in [1.165, 1.54) is 6.07 Å². The smallest absolute Gasteiger partial charge is 0.371 e. The number of ether oxygens (including phenoxy) is 1. The van der Waals surface area contributed by atoms with Gasteiger partial charge in [0.2, 0.25) is 5.76 Å². The molecule has 3 aromatic rings. The molecule has 0 radical (unpaired) electrons. The Morgan fingerprint density at radius 1 is 1.00 bits per heavy atom. The van der Waals surface area contributed by atoms with Crippen molar-refractivity contribution in [1.82, 2.24) is 0 Å². The highest BCUT2D eigenvalue weighted by Crippen LogP contribution is 2.18. The molecule has 0 aliphatic heterocycles. The number of furan rings is 1. The molecule has 0 aliphatic carbocycles. The monoisotopic (exact) mass is 323 g/mol. The normalized spacial score (nSPS) is 10.3. The number of hydrogen-bond donors (Lipinski definition) is 2. The molecule has 2 N–H and O–H groups in total. The Kier molecular flexibility index (Phi) is 4.81. The lowest BCUT2D eigenvalue weighted by Crippen LogP contribution is -1.99. The van der Waals surface area contributed by atoms with Crippen LogP contribution in [-0.2, 0) is 13.2 Å². The van der Waals surface area contributed by atoms with Gasteiger partial charge in [0.25, 0.3) is 0 Å². The molecule has 0 fully saturated rings. The summed E-state index contributed by atoms with van der Waals surface area (Å²) in [4.78, 5) is 10.8. The fourth-order valence-electron chi connectivity index (χ4n) is 2.19. The van der Waals surface area contributed by atoms with Gasteiger partial charge in [-0.3, -0.25) is 0 Å². The van der Waals surface area contributed by atoms with Crippen molar-refractivity contribution in [3.05, 3.63) is 83.8 Å². The van der Waals surface area contributed by atoms with Crippen molar-refractivity contribution < 1.29 is 19.1 Å². The van der Waals surface area contributed by atoms with Crippen LogP contribution in [0, 0.1) is 0 Å². The van der Waals surface area contributed by atoms with E-state index in [1.807, 2.05) is 54.6 Å². The topological polar surface area (TPSA) is 71.7 Å². The van der Waals surface area contributed by atoms with E-state index in [9.17, 15) is 4.79 Å². The van der Waals surface area contributed by atoms with Gasteiger partial charge < -0.3 is 19.6 Å². The Labute approximate surface area is 139 Å². The van der Waals surface area contributed by atoms with Crippen LogP contribution in [0.2, 0.25) is 0 Å². The molecule has 2 aromatic carbocycles. The number of aromatic carboxylic acids is 1. The maximum Gasteiger partial charge on any atom is 0.371 e. The van der Waals surface area contributed by atoms with Gasteiger partial charge >= 0.3 is 5.97 Å². The van der Waals surface area contributed by atoms with Gasteiger partial charge in [-0.05, 0) is 42.0 Å². The minimum absolute atomic E-state index is 0.0588. The zero-order chi connectivity index (χ0) is 16.8. The zero-order valence-electron chi connectivity index (χ0n) is 12.9. The van der Waals surface area contributed by atoms with Crippen molar-refractivity contribution in [3.8, 4) is 5.75 Å². The molecule has 0 spiro atoms. The first-order valence-corrected chi connectivity index (χ1v) is 7.53. The Bertz CT molecular complexity index is 794. The summed E-state index contributed by atoms with van der Waals surface area (Å²) in [5, 5.41) is 12.0. The summed E-state index contributed by atoms with van der Waals surface area (Å²) in [7, 11) is 0. The number of carboxylic acids is 1. The highest BCUT2D eigenvalue weighted by atomic mass is 16.5. The average Bonchev–Trinajstić information content (AvgIpc) is 3.09. The van der Waals surface area contributed by atoms with Gasteiger partial charge in [0.05, 0.1) is 6.54 Å². The van der Waals surface area contributed by atoms with E-state index in [0.29, 0.717) is 18.9 Å². The lowest BCUT2D eigenvalue weighted by molar-refractivity contribution is 0.0660. The lowest BCUT2D eigenvalue weighted by atomic mass is 10.2. The number of rotatable bonds is 7. The van der Waals surface area contributed by atoms with E-state index >= 15 is 0 Å². The molecule has 0 amide bonds. The number of hydrogen-bond acceptors (Lipinski definition) is 4. The van der Waals surface area contributed by atoms with Crippen LogP contribution < -0.4 is 10.1 Å². The van der Waals surface area contributed by atoms with Gasteiger partial charge in [-0.25, -0.2) is 4.79 Å². The molecule has 0 saturated heterocycles. The van der Waals surface area contributed by atoms with Crippen molar-refractivity contribution in [2.45, 2.75) is 13.2 Å². The van der Waals surface area contributed by atoms with E-state index in [1.54, 1.807) is 6.07 Å². The second kappa shape index (κ2) is 7.37. The highest BCUT2D eigenvalue weighted by molar-refractivity contribution is 5.84. The predicted octanol–water partition coefficient (Wildman–Crippen LogP) is 4.17. The van der Waals surface area contributed by atoms with Gasteiger partial charge in [0.1, 0.15) is 18.1 Å². The third-order valence-corrected chi connectivity index (χ3v) is 3.44. The molecule has 0 bridgehead atoms. The summed E-state index contributed by atoms with van der Waals surface area (Å²) in [6.45, 7) is 0.940. The number of anilines is 1. The SMILES string of the molecule is O=C(O)c1ccc(CNc2ccc(OCc3ccccc3)cc2)o1. The maximum absolute atomic E-state index is 10.8. The van der Waals surface area contributed by atoms with E-state index < -0.39 is 5.97 Å². The van der Waals surface area contributed by atoms with Crippen LogP contribution in [-0.4, -0.2) is 11.1 Å². The number of benzene rings is 2. The number of carbonyl (C=O) groups is 1. The summed E-state index contributed by atoms with van der Waals surface area (Å²) in [6.07, 6.45) is 0. The Balaban J connectivity index is 1.51. The van der Waals surface area contributed by atoms with Gasteiger partial charge in [-0.1, -0.05) is 30.3 Å². The van der Waals surface area contributed by atoms with Crippen LogP contribution in [0.25, 0.3) is 0 Å². The maximum atomic E-state index is 10.8. The molecule has 5 nitrogen and oxygen atoms in total. The third kappa shape index (κ3) is 4.16. The van der Waals surface area contributed by atoms with Crippen molar-refractivity contribution in [2.24, 2.45) is 0 Å². The second-order valence-corrected chi connectivity index (χ2v) is 5.22. The molecule has 1 aromatic heterocycles. The molecule has 122 valence electrons. The second-order valence-electron chi connectivity index (χ2n) is 5.22. The minimum atomic E-state index is -1.07. The minimum Gasteiger partial charge on any atom is -0.489 e. The fourth-order valence-corrected chi connectivity index (χ4v) is 2.19. The first-order chi connectivity index (χ1) is 11.7. The van der Waals surface area contributed by atoms with Gasteiger partial charge in [-0.2, -0.15) is 0 Å². The molecule has 1 heterocycles. The van der Waals surface area contributed by atoms with E-state index in [0.717, 1.165) is 17.0 Å². The molecule has 0 unspecified atom stereocenters. The lowest BCUT2D eigenvalue weighted by Gasteiger charge is -2.08. The largest absolute Gasteiger partial charge is 0.489 e. The molecule has 5 heteroatoms. The molecule has 3 rings (SSSR count). The zero-order valence-corrected chi connectivity index (χ0v) is 12.9. The standard InChI is InChI=1S/C19H17NO4/c21-19(22)18-11-10-17(24-18)12-20-15-6-8-16(9-7-15)23-13-14-4-2-1-3-5-14/h1-11,20H,12-13H2,(H,21,22). The molecule has 0 aliphatic rings. The average molecular weight is 323 g/mol. The third-order valence-electron chi connectivity index (χ3n) is 3.44. The molecular formula is C19H17NO4. The summed E-state index contributed by atoms with van der Waals surface area (Å²) >= 11 is 0. The quantitative estimate of drug-likeness (QED) is 0.683. The summed E-state index contributed by atoms with van der Waals surface area (Å²) in [5.74, 6) is 0.227. The summed E-state index contributed by atoms with van der Waals surface area (Å²) < 4.78 is 10.9.